The van der Waals surface area contributed by atoms with Crippen molar-refractivity contribution < 1.29 is 4.39 Å². The first-order valence-electron chi connectivity index (χ1n) is 6.17. The molecule has 20 heavy (non-hydrogen) atoms. The average Bonchev–Trinajstić information content (AvgIpc) is 2.87. The number of nitrogens with two attached hydrogens (primary N) is 1. The first kappa shape index (κ1) is 12.8. The molecule has 0 spiro atoms. The number of benzene rings is 1. The smallest absolute Gasteiger partial charge is 0.223 e. The summed E-state index contributed by atoms with van der Waals surface area (Å²) in [7, 11) is 0. The second-order valence-corrected chi connectivity index (χ2v) is 5.35. The highest BCUT2D eigenvalue weighted by Gasteiger charge is 2.13. The van der Waals surface area contributed by atoms with Gasteiger partial charge >= 0.3 is 0 Å². The van der Waals surface area contributed by atoms with Gasteiger partial charge in [-0.15, -0.1) is 11.3 Å². The second-order valence-electron chi connectivity index (χ2n) is 4.46. The first-order valence-corrected chi connectivity index (χ1v) is 7.05. The Kier molecular flexibility index (Phi) is 3.23. The number of rotatable bonds is 3. The molecule has 2 heterocycles. The molecule has 102 valence electrons. The Labute approximate surface area is 119 Å². The Morgan fingerprint density at radius 2 is 2.05 bits per heavy atom. The van der Waals surface area contributed by atoms with Crippen LogP contribution in [0.1, 0.15) is 18.5 Å². The summed E-state index contributed by atoms with van der Waals surface area (Å²) < 4.78 is 13.8. The van der Waals surface area contributed by atoms with Gasteiger partial charge in [-0.2, -0.15) is 4.98 Å². The SMILES string of the molecule is CC(Nc1nc(N)nc2sccc12)c1ccccc1F. The minimum absolute atomic E-state index is 0.211. The fourth-order valence-electron chi connectivity index (χ4n) is 2.09. The molecule has 0 aliphatic rings. The van der Waals surface area contributed by atoms with E-state index < -0.39 is 0 Å². The molecule has 2 aromatic heterocycles. The third-order valence-corrected chi connectivity index (χ3v) is 3.87. The lowest BCUT2D eigenvalue weighted by Crippen LogP contribution is -2.11. The molecule has 0 amide bonds. The van der Waals surface area contributed by atoms with Crippen LogP contribution in [0.2, 0.25) is 0 Å². The minimum atomic E-state index is -0.240. The van der Waals surface area contributed by atoms with E-state index in [0.29, 0.717) is 11.4 Å². The summed E-state index contributed by atoms with van der Waals surface area (Å²) in [5, 5.41) is 6.03. The highest BCUT2D eigenvalue weighted by molar-refractivity contribution is 7.16. The number of nitrogen functional groups attached to an aromatic ring is 1. The Morgan fingerprint density at radius 1 is 1.25 bits per heavy atom. The van der Waals surface area contributed by atoms with Crippen LogP contribution in [-0.2, 0) is 0 Å². The van der Waals surface area contributed by atoms with Gasteiger partial charge in [0.25, 0.3) is 0 Å². The maximum Gasteiger partial charge on any atom is 0.223 e. The standard InChI is InChI=1S/C14H13FN4S/c1-8(9-4-2-3-5-11(9)15)17-12-10-6-7-20-13(10)19-14(16)18-12/h2-8H,1H3,(H3,16,17,18,19). The van der Waals surface area contributed by atoms with E-state index in [2.05, 4.69) is 15.3 Å². The van der Waals surface area contributed by atoms with Gasteiger partial charge in [-0.25, -0.2) is 9.37 Å². The molecule has 0 aliphatic carbocycles. The van der Waals surface area contributed by atoms with E-state index >= 15 is 0 Å². The quantitative estimate of drug-likeness (QED) is 0.773. The fraction of sp³-hybridized carbons (Fsp3) is 0.143. The normalized spacial score (nSPS) is 12.5. The van der Waals surface area contributed by atoms with Gasteiger partial charge in [0, 0.05) is 5.56 Å². The number of anilines is 2. The molecule has 0 saturated carbocycles. The molecule has 3 rings (SSSR count). The van der Waals surface area contributed by atoms with Crippen molar-refractivity contribution in [2.24, 2.45) is 0 Å². The number of hydrogen-bond donors (Lipinski definition) is 2. The van der Waals surface area contributed by atoms with E-state index in [1.807, 2.05) is 24.4 Å². The molecular weight excluding hydrogens is 275 g/mol. The minimum Gasteiger partial charge on any atom is -0.368 e. The van der Waals surface area contributed by atoms with Gasteiger partial charge in [0.1, 0.15) is 16.5 Å². The van der Waals surface area contributed by atoms with Crippen molar-refractivity contribution in [3.05, 3.63) is 47.1 Å². The Bertz CT molecular complexity index is 756. The van der Waals surface area contributed by atoms with E-state index in [9.17, 15) is 4.39 Å². The Hall–Kier alpha value is -2.21. The summed E-state index contributed by atoms with van der Waals surface area (Å²) in [6, 6.07) is 8.39. The molecule has 1 aromatic carbocycles. The Morgan fingerprint density at radius 3 is 2.85 bits per heavy atom. The number of thiophene rings is 1. The van der Waals surface area contributed by atoms with E-state index in [0.717, 1.165) is 10.2 Å². The largest absolute Gasteiger partial charge is 0.368 e. The molecule has 0 saturated heterocycles. The average molecular weight is 288 g/mol. The lowest BCUT2D eigenvalue weighted by atomic mass is 10.1. The number of aromatic nitrogens is 2. The summed E-state index contributed by atoms with van der Waals surface area (Å²) in [6.45, 7) is 1.88. The second kappa shape index (κ2) is 5.05. The summed E-state index contributed by atoms with van der Waals surface area (Å²) in [6.07, 6.45) is 0. The number of halogens is 1. The third-order valence-electron chi connectivity index (χ3n) is 3.07. The molecule has 3 aromatic rings. The van der Waals surface area contributed by atoms with Crippen LogP contribution in [0.25, 0.3) is 10.2 Å². The maximum atomic E-state index is 13.8. The molecule has 4 nitrogen and oxygen atoms in total. The summed E-state index contributed by atoms with van der Waals surface area (Å²) in [4.78, 5) is 9.19. The van der Waals surface area contributed by atoms with Gasteiger partial charge in [0.05, 0.1) is 11.4 Å². The van der Waals surface area contributed by atoms with E-state index in [1.54, 1.807) is 12.1 Å². The summed E-state index contributed by atoms with van der Waals surface area (Å²) >= 11 is 1.50. The molecular formula is C14H13FN4S. The maximum absolute atomic E-state index is 13.8. The van der Waals surface area contributed by atoms with Gasteiger partial charge in [-0.3, -0.25) is 0 Å². The molecule has 0 bridgehead atoms. The number of hydrogen-bond acceptors (Lipinski definition) is 5. The highest BCUT2D eigenvalue weighted by Crippen LogP contribution is 2.29. The van der Waals surface area contributed by atoms with Crippen LogP contribution < -0.4 is 11.1 Å². The van der Waals surface area contributed by atoms with Crippen molar-refractivity contribution >= 4 is 33.3 Å². The molecule has 3 N–H and O–H groups in total. The van der Waals surface area contributed by atoms with Gasteiger partial charge < -0.3 is 11.1 Å². The van der Waals surface area contributed by atoms with Crippen molar-refractivity contribution in [3.63, 3.8) is 0 Å². The lowest BCUT2D eigenvalue weighted by Gasteiger charge is -2.16. The number of nitrogens with zero attached hydrogens (tertiary/aromatic N) is 2. The van der Waals surface area contributed by atoms with Crippen molar-refractivity contribution in [1.29, 1.82) is 0 Å². The van der Waals surface area contributed by atoms with Gasteiger partial charge in [0.15, 0.2) is 0 Å². The Balaban J connectivity index is 1.97. The van der Waals surface area contributed by atoms with Crippen LogP contribution in [0.4, 0.5) is 16.2 Å². The zero-order valence-electron chi connectivity index (χ0n) is 10.8. The van der Waals surface area contributed by atoms with Crippen LogP contribution >= 0.6 is 11.3 Å². The predicted molar refractivity (Wildman–Crippen MR) is 80.3 cm³/mol. The first-order chi connectivity index (χ1) is 9.65. The van der Waals surface area contributed by atoms with Crippen LogP contribution in [0.5, 0.6) is 0 Å². The van der Waals surface area contributed by atoms with E-state index in [-0.39, 0.29) is 17.8 Å². The lowest BCUT2D eigenvalue weighted by molar-refractivity contribution is 0.600. The number of fused-ring (bicyclic) bond motifs is 1. The third kappa shape index (κ3) is 2.30. The van der Waals surface area contributed by atoms with Gasteiger partial charge in [-0.05, 0) is 24.4 Å². The topological polar surface area (TPSA) is 63.8 Å². The zero-order valence-corrected chi connectivity index (χ0v) is 11.6. The molecule has 1 unspecified atom stereocenters. The van der Waals surface area contributed by atoms with Crippen molar-refractivity contribution in [2.75, 3.05) is 11.1 Å². The fourth-order valence-corrected chi connectivity index (χ4v) is 2.86. The molecule has 6 heteroatoms. The van der Waals surface area contributed by atoms with Crippen LogP contribution in [0.15, 0.2) is 35.7 Å². The van der Waals surface area contributed by atoms with Crippen LogP contribution in [0.3, 0.4) is 0 Å². The predicted octanol–water partition coefficient (Wildman–Crippen LogP) is 3.59. The van der Waals surface area contributed by atoms with Crippen molar-refractivity contribution in [3.8, 4) is 0 Å². The highest BCUT2D eigenvalue weighted by atomic mass is 32.1. The molecule has 0 aliphatic heterocycles. The molecule has 1 atom stereocenters. The number of nitrogens with one attached hydrogen (secondary N) is 1. The van der Waals surface area contributed by atoms with E-state index in [1.165, 1.54) is 17.4 Å². The van der Waals surface area contributed by atoms with Crippen molar-refractivity contribution in [1.82, 2.24) is 9.97 Å². The van der Waals surface area contributed by atoms with Gasteiger partial charge in [-0.1, -0.05) is 18.2 Å². The summed E-state index contributed by atoms with van der Waals surface area (Å²) in [5.74, 6) is 0.601. The van der Waals surface area contributed by atoms with E-state index in [4.69, 9.17) is 5.73 Å². The van der Waals surface area contributed by atoms with Crippen LogP contribution in [0, 0.1) is 5.82 Å². The van der Waals surface area contributed by atoms with Crippen molar-refractivity contribution in [2.45, 2.75) is 13.0 Å². The van der Waals surface area contributed by atoms with Gasteiger partial charge in [0.2, 0.25) is 5.95 Å². The molecule has 0 fully saturated rings. The zero-order chi connectivity index (χ0) is 14.1. The monoisotopic (exact) mass is 288 g/mol. The summed E-state index contributed by atoms with van der Waals surface area (Å²) in [5.41, 5.74) is 6.29. The van der Waals surface area contributed by atoms with Crippen LogP contribution in [-0.4, -0.2) is 9.97 Å². The molecule has 0 radical (unpaired) electrons.